The lowest BCUT2D eigenvalue weighted by Gasteiger charge is -2.04. The highest BCUT2D eigenvalue weighted by Crippen LogP contribution is 2.10. The molecule has 1 N–H and O–H groups in total. The molecule has 2 aromatic rings. The number of hydrogen-bond donors (Lipinski definition) is 1. The minimum Gasteiger partial charge on any atom is -0.461 e. The lowest BCUT2D eigenvalue weighted by atomic mass is 10.8. The van der Waals surface area contributed by atoms with Crippen molar-refractivity contribution in [3.63, 3.8) is 0 Å². The van der Waals surface area contributed by atoms with Crippen molar-refractivity contribution in [3.8, 4) is 12.0 Å². The van der Waals surface area contributed by atoms with Crippen molar-refractivity contribution in [2.24, 2.45) is 0 Å². The zero-order valence-electron chi connectivity index (χ0n) is 8.12. The van der Waals surface area contributed by atoms with Gasteiger partial charge in [-0.05, 0) is 11.6 Å². The van der Waals surface area contributed by atoms with E-state index in [4.69, 9.17) is 21.4 Å². The van der Waals surface area contributed by atoms with E-state index in [9.17, 15) is 0 Å². The van der Waals surface area contributed by atoms with Crippen LogP contribution in [0.5, 0.6) is 6.01 Å². The fourth-order valence-electron chi connectivity index (χ4n) is 1.02. The molecule has 0 aliphatic rings. The van der Waals surface area contributed by atoms with Crippen LogP contribution in [0.1, 0.15) is 0 Å². The Balaban J connectivity index is 2.29. The number of halogens is 1. The number of ether oxygens (including phenoxy) is 1. The molecule has 2 heterocycles. The molecule has 2 rings (SSSR count). The molecule has 0 radical (unpaired) electrons. The molecule has 16 heavy (non-hydrogen) atoms. The van der Waals surface area contributed by atoms with Crippen LogP contribution in [0.2, 0.25) is 5.28 Å². The van der Waals surface area contributed by atoms with Crippen LogP contribution in [0, 0.1) is 0 Å². The molecule has 0 saturated carbocycles. The highest BCUT2D eigenvalue weighted by Gasteiger charge is 2.07. The second kappa shape index (κ2) is 4.86. The number of aliphatic hydroxyl groups is 1. The average molecular weight is 242 g/mol. The molecule has 84 valence electrons. The largest absolute Gasteiger partial charge is 0.461 e. The highest BCUT2D eigenvalue weighted by molar-refractivity contribution is 6.28. The maximum Gasteiger partial charge on any atom is 0.322 e. The first kappa shape index (κ1) is 10.8. The lowest BCUT2D eigenvalue weighted by molar-refractivity contribution is 0.191. The molecule has 0 saturated heterocycles. The molecule has 0 fully saturated rings. The standard InChI is InChI=1S/C8H8ClN5O2/c9-6-11-7(14-2-1-10-5-14)13-8(12-6)16-4-3-15/h1-2,5,15H,3-4H2. The van der Waals surface area contributed by atoms with Crippen molar-refractivity contribution in [2.45, 2.75) is 0 Å². The van der Waals surface area contributed by atoms with E-state index in [-0.39, 0.29) is 24.5 Å². The fraction of sp³-hybridized carbons (Fsp3) is 0.250. The predicted molar refractivity (Wildman–Crippen MR) is 54.5 cm³/mol. The molecular formula is C8H8ClN5O2. The molecule has 0 spiro atoms. The lowest BCUT2D eigenvalue weighted by Crippen LogP contribution is -2.08. The van der Waals surface area contributed by atoms with E-state index in [1.807, 2.05) is 0 Å². The summed E-state index contributed by atoms with van der Waals surface area (Å²) in [6.07, 6.45) is 4.79. The van der Waals surface area contributed by atoms with Gasteiger partial charge in [0.2, 0.25) is 11.2 Å². The van der Waals surface area contributed by atoms with E-state index in [1.165, 1.54) is 6.33 Å². The molecular weight excluding hydrogens is 234 g/mol. The molecule has 0 aliphatic carbocycles. The number of aromatic nitrogens is 5. The molecule has 0 atom stereocenters. The smallest absolute Gasteiger partial charge is 0.322 e. The molecule has 0 unspecified atom stereocenters. The zero-order chi connectivity index (χ0) is 11.4. The van der Waals surface area contributed by atoms with E-state index in [0.29, 0.717) is 5.95 Å². The summed E-state index contributed by atoms with van der Waals surface area (Å²) in [5.41, 5.74) is 0. The van der Waals surface area contributed by atoms with Crippen molar-refractivity contribution >= 4 is 11.6 Å². The van der Waals surface area contributed by atoms with Gasteiger partial charge in [0.15, 0.2) is 0 Å². The van der Waals surface area contributed by atoms with Crippen LogP contribution in [-0.2, 0) is 0 Å². The van der Waals surface area contributed by atoms with Crippen LogP contribution >= 0.6 is 11.6 Å². The Labute approximate surface area is 95.7 Å². The van der Waals surface area contributed by atoms with Gasteiger partial charge in [0, 0.05) is 12.4 Å². The van der Waals surface area contributed by atoms with Crippen molar-refractivity contribution in [2.75, 3.05) is 13.2 Å². The van der Waals surface area contributed by atoms with Gasteiger partial charge in [0.1, 0.15) is 12.9 Å². The molecule has 2 aromatic heterocycles. The first-order valence-electron chi connectivity index (χ1n) is 4.43. The SMILES string of the molecule is OCCOc1nc(Cl)nc(-n2ccnc2)n1. The first-order chi connectivity index (χ1) is 7.79. The quantitative estimate of drug-likeness (QED) is 0.816. The van der Waals surface area contributed by atoms with Crippen LogP contribution in [0.3, 0.4) is 0 Å². The van der Waals surface area contributed by atoms with Crippen LogP contribution in [0.4, 0.5) is 0 Å². The Morgan fingerprint density at radius 1 is 1.38 bits per heavy atom. The highest BCUT2D eigenvalue weighted by atomic mass is 35.5. The van der Waals surface area contributed by atoms with Crippen molar-refractivity contribution in [1.29, 1.82) is 0 Å². The molecule has 8 heteroatoms. The number of nitrogens with zero attached hydrogens (tertiary/aromatic N) is 5. The number of rotatable bonds is 4. The molecule has 0 aromatic carbocycles. The van der Waals surface area contributed by atoms with Gasteiger partial charge in [-0.1, -0.05) is 0 Å². The van der Waals surface area contributed by atoms with E-state index in [2.05, 4.69) is 19.9 Å². The second-order valence-electron chi connectivity index (χ2n) is 2.73. The van der Waals surface area contributed by atoms with E-state index in [0.717, 1.165) is 0 Å². The topological polar surface area (TPSA) is 86.0 Å². The van der Waals surface area contributed by atoms with Crippen molar-refractivity contribution in [1.82, 2.24) is 24.5 Å². The molecule has 0 aliphatic heterocycles. The average Bonchev–Trinajstić information content (AvgIpc) is 2.79. The predicted octanol–water partition coefficient (Wildman–Crippen LogP) is 0.0818. The third kappa shape index (κ3) is 2.44. The fourth-order valence-corrected chi connectivity index (χ4v) is 1.16. The Morgan fingerprint density at radius 2 is 2.25 bits per heavy atom. The third-order valence-corrected chi connectivity index (χ3v) is 1.80. The maximum atomic E-state index is 8.61. The van der Waals surface area contributed by atoms with Gasteiger partial charge >= 0.3 is 6.01 Å². The van der Waals surface area contributed by atoms with Gasteiger partial charge < -0.3 is 9.84 Å². The second-order valence-corrected chi connectivity index (χ2v) is 3.07. The van der Waals surface area contributed by atoms with E-state index in [1.54, 1.807) is 17.0 Å². The minimum atomic E-state index is -0.121. The van der Waals surface area contributed by atoms with Crippen molar-refractivity contribution < 1.29 is 9.84 Å². The van der Waals surface area contributed by atoms with Gasteiger partial charge in [-0.25, -0.2) is 4.98 Å². The molecule has 0 bridgehead atoms. The zero-order valence-corrected chi connectivity index (χ0v) is 8.87. The molecule has 0 amide bonds. The number of imidazole rings is 1. The summed E-state index contributed by atoms with van der Waals surface area (Å²) in [5, 5.41) is 8.63. The van der Waals surface area contributed by atoms with Gasteiger partial charge in [0.25, 0.3) is 0 Å². The number of hydrogen-bond acceptors (Lipinski definition) is 6. The van der Waals surface area contributed by atoms with Crippen LogP contribution in [-0.4, -0.2) is 42.8 Å². The van der Waals surface area contributed by atoms with Gasteiger partial charge in [-0.2, -0.15) is 15.0 Å². The maximum absolute atomic E-state index is 8.61. The Morgan fingerprint density at radius 3 is 2.94 bits per heavy atom. The third-order valence-electron chi connectivity index (χ3n) is 1.63. The van der Waals surface area contributed by atoms with Gasteiger partial charge in [-0.15, -0.1) is 0 Å². The summed E-state index contributed by atoms with van der Waals surface area (Å²) in [6.45, 7) is -0.0204. The summed E-state index contributed by atoms with van der Waals surface area (Å²) < 4.78 is 6.61. The van der Waals surface area contributed by atoms with Gasteiger partial charge in [-0.3, -0.25) is 4.57 Å². The Bertz CT molecular complexity index is 461. The summed E-state index contributed by atoms with van der Waals surface area (Å²) >= 11 is 5.71. The van der Waals surface area contributed by atoms with E-state index < -0.39 is 0 Å². The normalized spacial score (nSPS) is 10.4. The van der Waals surface area contributed by atoms with Crippen molar-refractivity contribution in [3.05, 3.63) is 24.0 Å². The summed E-state index contributed by atoms with van der Waals surface area (Å²) in [4.78, 5) is 15.5. The van der Waals surface area contributed by atoms with Crippen LogP contribution in [0.15, 0.2) is 18.7 Å². The summed E-state index contributed by atoms with van der Waals surface area (Å²) in [5.74, 6) is 0.311. The van der Waals surface area contributed by atoms with Crippen LogP contribution < -0.4 is 4.74 Å². The number of aliphatic hydroxyl groups excluding tert-OH is 1. The van der Waals surface area contributed by atoms with Crippen LogP contribution in [0.25, 0.3) is 5.95 Å². The Kier molecular flexibility index (Phi) is 3.28. The monoisotopic (exact) mass is 241 g/mol. The summed E-state index contributed by atoms with van der Waals surface area (Å²) in [7, 11) is 0. The summed E-state index contributed by atoms with van der Waals surface area (Å²) in [6, 6.07) is 0.0674. The van der Waals surface area contributed by atoms with E-state index >= 15 is 0 Å². The van der Waals surface area contributed by atoms with Gasteiger partial charge in [0.05, 0.1) is 6.61 Å². The minimum absolute atomic E-state index is 0.0200. The Hall–Kier alpha value is -1.73. The first-order valence-corrected chi connectivity index (χ1v) is 4.81. The molecule has 7 nitrogen and oxygen atoms in total.